The van der Waals surface area contributed by atoms with Crippen LogP contribution in [0.5, 0.6) is 0 Å². The number of rotatable bonds is 6. The van der Waals surface area contributed by atoms with E-state index in [-0.39, 0.29) is 12.6 Å². The van der Waals surface area contributed by atoms with Gasteiger partial charge in [0, 0.05) is 13.1 Å². The van der Waals surface area contributed by atoms with E-state index in [0.717, 1.165) is 18.5 Å². The lowest BCUT2D eigenvalue weighted by Gasteiger charge is -2.41. The molecule has 1 saturated carbocycles. The summed E-state index contributed by atoms with van der Waals surface area (Å²) in [6.07, 6.45) is 4.18. The molecule has 1 aromatic heterocycles. The molecule has 2 rings (SSSR count). The molecule has 0 aliphatic heterocycles. The average molecular weight is 282 g/mol. The maximum absolute atomic E-state index is 11.7. The van der Waals surface area contributed by atoms with E-state index in [2.05, 4.69) is 17.6 Å². The molecule has 0 bridgehead atoms. The number of hydrogen-bond acceptors (Lipinski definition) is 3. The number of carbonyl (C=O) groups is 1. The zero-order valence-corrected chi connectivity index (χ0v) is 12.1. The number of aliphatic hydroxyl groups is 1. The number of aliphatic hydroxyl groups excluding tert-OH is 1. The van der Waals surface area contributed by atoms with Gasteiger partial charge in [0.25, 0.3) is 0 Å². The van der Waals surface area contributed by atoms with Crippen LogP contribution in [0.2, 0.25) is 0 Å². The first-order valence-corrected chi connectivity index (χ1v) is 7.81. The second-order valence-corrected chi connectivity index (χ2v) is 6.12. The van der Waals surface area contributed by atoms with Crippen LogP contribution >= 0.6 is 11.3 Å². The van der Waals surface area contributed by atoms with Gasteiger partial charge in [-0.2, -0.15) is 11.3 Å². The molecule has 106 valence electrons. The lowest BCUT2D eigenvalue weighted by atomic mass is 9.67. The molecular formula is C14H22N2O2S. The van der Waals surface area contributed by atoms with Crippen LogP contribution in [-0.2, 0) is 0 Å². The van der Waals surface area contributed by atoms with Crippen LogP contribution in [0.3, 0.4) is 0 Å². The Kier molecular flexibility index (Phi) is 4.82. The van der Waals surface area contributed by atoms with Crippen molar-refractivity contribution in [3.05, 3.63) is 22.4 Å². The Hall–Kier alpha value is -1.07. The zero-order chi connectivity index (χ0) is 13.7. The fourth-order valence-electron chi connectivity index (χ4n) is 2.43. The fraction of sp³-hybridized carbons (Fsp3) is 0.643. The van der Waals surface area contributed by atoms with Gasteiger partial charge in [-0.25, -0.2) is 4.79 Å². The SMILES string of the molecule is CCC1(CNC(=O)NCC(O)c2ccsc2)CCC1. The molecule has 4 nitrogen and oxygen atoms in total. The molecule has 1 atom stereocenters. The Morgan fingerprint density at radius 1 is 1.53 bits per heavy atom. The van der Waals surface area contributed by atoms with Crippen molar-refractivity contribution in [3.63, 3.8) is 0 Å². The van der Waals surface area contributed by atoms with E-state index in [1.54, 1.807) is 11.3 Å². The highest BCUT2D eigenvalue weighted by atomic mass is 32.1. The molecule has 5 heteroatoms. The van der Waals surface area contributed by atoms with E-state index >= 15 is 0 Å². The van der Waals surface area contributed by atoms with Gasteiger partial charge in [0.05, 0.1) is 6.10 Å². The molecule has 0 radical (unpaired) electrons. The molecule has 0 saturated heterocycles. The van der Waals surface area contributed by atoms with Crippen molar-refractivity contribution in [1.82, 2.24) is 10.6 Å². The van der Waals surface area contributed by atoms with Crippen molar-refractivity contribution in [2.24, 2.45) is 5.41 Å². The highest BCUT2D eigenvalue weighted by Gasteiger charge is 2.35. The Morgan fingerprint density at radius 3 is 2.84 bits per heavy atom. The Morgan fingerprint density at radius 2 is 2.32 bits per heavy atom. The van der Waals surface area contributed by atoms with Gasteiger partial charge < -0.3 is 15.7 Å². The third-order valence-corrected chi connectivity index (χ3v) is 4.87. The monoisotopic (exact) mass is 282 g/mol. The van der Waals surface area contributed by atoms with Gasteiger partial charge in [-0.3, -0.25) is 0 Å². The van der Waals surface area contributed by atoms with Crippen LogP contribution in [0.4, 0.5) is 4.79 Å². The Balaban J connectivity index is 1.67. The average Bonchev–Trinajstić information content (AvgIpc) is 2.89. The summed E-state index contributed by atoms with van der Waals surface area (Å²) in [5.74, 6) is 0. The van der Waals surface area contributed by atoms with E-state index in [1.807, 2.05) is 16.8 Å². The minimum absolute atomic E-state index is 0.186. The highest BCUT2D eigenvalue weighted by Crippen LogP contribution is 2.42. The van der Waals surface area contributed by atoms with Gasteiger partial charge in [0.1, 0.15) is 0 Å². The van der Waals surface area contributed by atoms with Crippen LogP contribution in [0.1, 0.15) is 44.3 Å². The van der Waals surface area contributed by atoms with Crippen LogP contribution in [0, 0.1) is 5.41 Å². The first kappa shape index (κ1) is 14.3. The second kappa shape index (κ2) is 6.39. The topological polar surface area (TPSA) is 61.4 Å². The highest BCUT2D eigenvalue weighted by molar-refractivity contribution is 7.07. The minimum Gasteiger partial charge on any atom is -0.387 e. The van der Waals surface area contributed by atoms with Crippen molar-refractivity contribution < 1.29 is 9.90 Å². The largest absolute Gasteiger partial charge is 0.387 e. The number of carbonyl (C=O) groups excluding carboxylic acids is 1. The Bertz CT molecular complexity index is 396. The predicted octanol–water partition coefficient (Wildman–Crippen LogP) is 2.66. The van der Waals surface area contributed by atoms with Gasteiger partial charge in [0.2, 0.25) is 0 Å². The van der Waals surface area contributed by atoms with Gasteiger partial charge in [0.15, 0.2) is 0 Å². The summed E-state index contributed by atoms with van der Waals surface area (Å²) in [6.45, 7) is 3.17. The van der Waals surface area contributed by atoms with Gasteiger partial charge >= 0.3 is 6.03 Å². The quantitative estimate of drug-likeness (QED) is 0.751. The number of nitrogens with one attached hydrogen (secondary N) is 2. The second-order valence-electron chi connectivity index (χ2n) is 5.34. The van der Waals surface area contributed by atoms with Crippen LogP contribution in [-0.4, -0.2) is 24.2 Å². The summed E-state index contributed by atoms with van der Waals surface area (Å²) in [5, 5.41) is 19.3. The first-order valence-electron chi connectivity index (χ1n) is 6.87. The summed E-state index contributed by atoms with van der Waals surface area (Å²) in [7, 11) is 0. The fourth-order valence-corrected chi connectivity index (χ4v) is 3.14. The molecule has 0 aromatic carbocycles. The summed E-state index contributed by atoms with van der Waals surface area (Å²) >= 11 is 1.54. The first-order chi connectivity index (χ1) is 9.15. The molecule has 1 fully saturated rings. The lowest BCUT2D eigenvalue weighted by Crippen LogP contribution is -2.46. The summed E-state index contributed by atoms with van der Waals surface area (Å²) in [4.78, 5) is 11.7. The van der Waals surface area contributed by atoms with Crippen molar-refractivity contribution in [2.75, 3.05) is 13.1 Å². The molecule has 0 spiro atoms. The number of urea groups is 1. The molecule has 3 N–H and O–H groups in total. The van der Waals surface area contributed by atoms with Crippen molar-refractivity contribution in [2.45, 2.75) is 38.7 Å². The maximum atomic E-state index is 11.7. The van der Waals surface area contributed by atoms with Crippen molar-refractivity contribution in [1.29, 1.82) is 0 Å². The number of thiophene rings is 1. The molecule has 1 aliphatic carbocycles. The molecule has 1 unspecified atom stereocenters. The standard InChI is InChI=1S/C14H22N2O2S/c1-2-14(5-3-6-14)10-16-13(18)15-8-12(17)11-4-7-19-9-11/h4,7,9,12,17H,2-3,5-6,8,10H2,1H3,(H2,15,16,18). The summed E-state index contributed by atoms with van der Waals surface area (Å²) in [6, 6.07) is 1.68. The smallest absolute Gasteiger partial charge is 0.314 e. The summed E-state index contributed by atoms with van der Waals surface area (Å²) < 4.78 is 0. The van der Waals surface area contributed by atoms with Crippen molar-refractivity contribution in [3.8, 4) is 0 Å². The van der Waals surface area contributed by atoms with E-state index in [4.69, 9.17) is 0 Å². The number of hydrogen-bond donors (Lipinski definition) is 3. The molecule has 1 heterocycles. The molecular weight excluding hydrogens is 260 g/mol. The van der Waals surface area contributed by atoms with E-state index < -0.39 is 6.10 Å². The maximum Gasteiger partial charge on any atom is 0.314 e. The third-order valence-electron chi connectivity index (χ3n) is 4.17. The van der Waals surface area contributed by atoms with E-state index in [1.165, 1.54) is 19.3 Å². The molecule has 1 aliphatic rings. The zero-order valence-electron chi connectivity index (χ0n) is 11.3. The number of amides is 2. The third kappa shape index (κ3) is 3.70. The van der Waals surface area contributed by atoms with Gasteiger partial charge in [-0.15, -0.1) is 0 Å². The van der Waals surface area contributed by atoms with Crippen LogP contribution in [0.15, 0.2) is 16.8 Å². The minimum atomic E-state index is -0.624. The van der Waals surface area contributed by atoms with Crippen molar-refractivity contribution >= 4 is 17.4 Å². The van der Waals surface area contributed by atoms with Crippen LogP contribution < -0.4 is 10.6 Å². The van der Waals surface area contributed by atoms with Gasteiger partial charge in [-0.1, -0.05) is 13.3 Å². The Labute approximate surface area is 118 Å². The van der Waals surface area contributed by atoms with Gasteiger partial charge in [-0.05, 0) is 47.1 Å². The normalized spacial score (nSPS) is 18.4. The van der Waals surface area contributed by atoms with Crippen LogP contribution in [0.25, 0.3) is 0 Å². The lowest BCUT2D eigenvalue weighted by molar-refractivity contribution is 0.125. The van der Waals surface area contributed by atoms with E-state index in [9.17, 15) is 9.90 Å². The predicted molar refractivity (Wildman–Crippen MR) is 77.3 cm³/mol. The molecule has 1 aromatic rings. The summed E-state index contributed by atoms with van der Waals surface area (Å²) in [5.41, 5.74) is 1.18. The van der Waals surface area contributed by atoms with E-state index in [0.29, 0.717) is 5.41 Å². The molecule has 19 heavy (non-hydrogen) atoms. The molecule has 2 amide bonds.